The van der Waals surface area contributed by atoms with Gasteiger partial charge in [-0.2, -0.15) is 0 Å². The minimum absolute atomic E-state index is 0.685. The minimum atomic E-state index is 0.685. The molecule has 0 amide bonds. The average Bonchev–Trinajstić information content (AvgIpc) is 2.41. The molecule has 0 aliphatic rings. The van der Waals surface area contributed by atoms with E-state index in [1.54, 1.807) is 18.9 Å². The summed E-state index contributed by atoms with van der Waals surface area (Å²) in [6, 6.07) is 13.4. The van der Waals surface area contributed by atoms with Gasteiger partial charge in [0.1, 0.15) is 5.75 Å². The SMILES string of the molecule is COc1ccc(Sc2ccc(Br)cc2C=O)cc1. The lowest BCUT2D eigenvalue weighted by atomic mass is 10.2. The highest BCUT2D eigenvalue weighted by atomic mass is 79.9. The Kier molecular flexibility index (Phi) is 4.44. The van der Waals surface area contributed by atoms with Crippen molar-refractivity contribution < 1.29 is 9.53 Å². The molecule has 92 valence electrons. The summed E-state index contributed by atoms with van der Waals surface area (Å²) >= 11 is 4.92. The lowest BCUT2D eigenvalue weighted by Gasteiger charge is -2.06. The Bertz CT molecular complexity index is 552. The van der Waals surface area contributed by atoms with Crippen LogP contribution in [0, 0.1) is 0 Å². The molecule has 0 aliphatic heterocycles. The lowest BCUT2D eigenvalue weighted by Crippen LogP contribution is -1.86. The molecule has 0 aromatic heterocycles. The standard InChI is InChI=1S/C14H11BrO2S/c1-17-12-3-5-13(6-4-12)18-14-7-2-11(15)8-10(14)9-16/h2-9H,1H3. The van der Waals surface area contributed by atoms with Crippen molar-refractivity contribution in [3.05, 3.63) is 52.5 Å². The van der Waals surface area contributed by atoms with Crippen LogP contribution in [0.25, 0.3) is 0 Å². The van der Waals surface area contributed by atoms with Crippen LogP contribution in [0.1, 0.15) is 10.4 Å². The summed E-state index contributed by atoms with van der Waals surface area (Å²) in [5.74, 6) is 0.825. The van der Waals surface area contributed by atoms with Gasteiger partial charge >= 0.3 is 0 Å². The lowest BCUT2D eigenvalue weighted by molar-refractivity contribution is 0.112. The van der Waals surface area contributed by atoms with Crippen LogP contribution in [0.3, 0.4) is 0 Å². The summed E-state index contributed by atoms with van der Waals surface area (Å²) < 4.78 is 6.01. The summed E-state index contributed by atoms with van der Waals surface area (Å²) in [4.78, 5) is 13.0. The summed E-state index contributed by atoms with van der Waals surface area (Å²) in [6.45, 7) is 0. The van der Waals surface area contributed by atoms with Gasteiger partial charge < -0.3 is 4.74 Å². The summed E-state index contributed by atoms with van der Waals surface area (Å²) in [6.07, 6.45) is 0.872. The normalized spacial score (nSPS) is 10.1. The number of hydrogen-bond donors (Lipinski definition) is 0. The van der Waals surface area contributed by atoms with E-state index in [1.807, 2.05) is 42.5 Å². The molecule has 2 aromatic rings. The quantitative estimate of drug-likeness (QED) is 0.779. The molecule has 0 atom stereocenters. The first-order chi connectivity index (χ1) is 8.72. The number of carbonyl (C=O) groups is 1. The topological polar surface area (TPSA) is 26.3 Å². The highest BCUT2D eigenvalue weighted by Gasteiger charge is 2.05. The van der Waals surface area contributed by atoms with Crippen molar-refractivity contribution >= 4 is 34.0 Å². The smallest absolute Gasteiger partial charge is 0.151 e. The van der Waals surface area contributed by atoms with E-state index in [0.29, 0.717) is 5.56 Å². The van der Waals surface area contributed by atoms with Gasteiger partial charge in [-0.25, -0.2) is 0 Å². The third-order valence-corrected chi connectivity index (χ3v) is 3.98. The van der Waals surface area contributed by atoms with E-state index in [2.05, 4.69) is 15.9 Å². The Morgan fingerprint density at radius 3 is 2.50 bits per heavy atom. The fourth-order valence-electron chi connectivity index (χ4n) is 1.48. The first-order valence-corrected chi connectivity index (χ1v) is 6.90. The zero-order valence-corrected chi connectivity index (χ0v) is 12.1. The molecule has 18 heavy (non-hydrogen) atoms. The fraction of sp³-hybridized carbons (Fsp3) is 0.0714. The second-order valence-electron chi connectivity index (χ2n) is 3.58. The molecule has 4 heteroatoms. The van der Waals surface area contributed by atoms with E-state index in [0.717, 1.165) is 26.3 Å². The predicted molar refractivity (Wildman–Crippen MR) is 76.6 cm³/mol. The number of carbonyl (C=O) groups excluding carboxylic acids is 1. The van der Waals surface area contributed by atoms with Crippen molar-refractivity contribution in [1.29, 1.82) is 0 Å². The van der Waals surface area contributed by atoms with E-state index in [-0.39, 0.29) is 0 Å². The molecule has 0 spiro atoms. The molecule has 2 nitrogen and oxygen atoms in total. The average molecular weight is 323 g/mol. The van der Waals surface area contributed by atoms with Crippen LogP contribution in [-0.4, -0.2) is 13.4 Å². The molecular formula is C14H11BrO2S. The molecule has 0 aliphatic carbocycles. The maximum Gasteiger partial charge on any atom is 0.151 e. The zero-order chi connectivity index (χ0) is 13.0. The van der Waals surface area contributed by atoms with Crippen LogP contribution < -0.4 is 4.74 Å². The highest BCUT2D eigenvalue weighted by Crippen LogP contribution is 2.32. The first-order valence-electron chi connectivity index (χ1n) is 5.29. The zero-order valence-electron chi connectivity index (χ0n) is 9.72. The Morgan fingerprint density at radius 1 is 1.17 bits per heavy atom. The molecular weight excluding hydrogens is 312 g/mol. The van der Waals surface area contributed by atoms with Gasteiger partial charge in [0.2, 0.25) is 0 Å². The van der Waals surface area contributed by atoms with Crippen LogP contribution in [0.4, 0.5) is 0 Å². The van der Waals surface area contributed by atoms with E-state index in [9.17, 15) is 4.79 Å². The number of aldehydes is 1. The van der Waals surface area contributed by atoms with Crippen LogP contribution >= 0.6 is 27.7 Å². The van der Waals surface area contributed by atoms with E-state index in [1.165, 1.54) is 0 Å². The maximum absolute atomic E-state index is 11.0. The molecule has 0 fully saturated rings. The molecule has 0 heterocycles. The molecule has 0 saturated carbocycles. The summed E-state index contributed by atoms with van der Waals surface area (Å²) in [5.41, 5.74) is 0.685. The van der Waals surface area contributed by atoms with Gasteiger partial charge in [-0.1, -0.05) is 27.7 Å². The number of halogens is 1. The van der Waals surface area contributed by atoms with E-state index in [4.69, 9.17) is 4.74 Å². The van der Waals surface area contributed by atoms with Crippen molar-refractivity contribution in [2.45, 2.75) is 9.79 Å². The van der Waals surface area contributed by atoms with Crippen molar-refractivity contribution in [1.82, 2.24) is 0 Å². The molecule has 2 rings (SSSR count). The van der Waals surface area contributed by atoms with Crippen LogP contribution in [0.5, 0.6) is 5.75 Å². The van der Waals surface area contributed by atoms with E-state index < -0.39 is 0 Å². The third kappa shape index (κ3) is 3.15. The van der Waals surface area contributed by atoms with Crippen LogP contribution in [0.15, 0.2) is 56.7 Å². The maximum atomic E-state index is 11.0. The Labute approximate surface area is 118 Å². The number of methoxy groups -OCH3 is 1. The van der Waals surface area contributed by atoms with Gasteiger partial charge in [-0.05, 0) is 42.5 Å². The van der Waals surface area contributed by atoms with Gasteiger partial charge in [0.15, 0.2) is 6.29 Å². The Hall–Kier alpha value is -1.26. The van der Waals surface area contributed by atoms with E-state index >= 15 is 0 Å². The molecule has 0 N–H and O–H groups in total. The summed E-state index contributed by atoms with van der Waals surface area (Å²) in [5, 5.41) is 0. The van der Waals surface area contributed by atoms with Gasteiger partial charge in [0.25, 0.3) is 0 Å². The van der Waals surface area contributed by atoms with Gasteiger partial charge in [0.05, 0.1) is 7.11 Å². The van der Waals surface area contributed by atoms with Crippen molar-refractivity contribution in [3.8, 4) is 5.75 Å². The molecule has 2 aromatic carbocycles. The monoisotopic (exact) mass is 322 g/mol. The van der Waals surface area contributed by atoms with Crippen LogP contribution in [-0.2, 0) is 0 Å². The molecule has 0 bridgehead atoms. The number of benzene rings is 2. The Morgan fingerprint density at radius 2 is 1.89 bits per heavy atom. The van der Waals surface area contributed by atoms with Crippen molar-refractivity contribution in [2.75, 3.05) is 7.11 Å². The molecule has 0 saturated heterocycles. The predicted octanol–water partition coefficient (Wildman–Crippen LogP) is 4.42. The van der Waals surface area contributed by atoms with Crippen LogP contribution in [0.2, 0.25) is 0 Å². The fourth-order valence-corrected chi connectivity index (χ4v) is 2.74. The first kappa shape index (κ1) is 13.2. The molecule has 0 radical (unpaired) electrons. The number of hydrogen-bond acceptors (Lipinski definition) is 3. The molecule has 0 unspecified atom stereocenters. The third-order valence-electron chi connectivity index (χ3n) is 2.39. The van der Waals surface area contributed by atoms with Crippen molar-refractivity contribution in [3.63, 3.8) is 0 Å². The Balaban J connectivity index is 2.24. The number of ether oxygens (including phenoxy) is 1. The van der Waals surface area contributed by atoms with Crippen molar-refractivity contribution in [2.24, 2.45) is 0 Å². The van der Waals surface area contributed by atoms with Gasteiger partial charge in [-0.3, -0.25) is 4.79 Å². The second kappa shape index (κ2) is 6.07. The second-order valence-corrected chi connectivity index (χ2v) is 5.61. The van der Waals surface area contributed by atoms with Gasteiger partial charge in [-0.15, -0.1) is 0 Å². The summed E-state index contributed by atoms with van der Waals surface area (Å²) in [7, 11) is 1.64. The highest BCUT2D eigenvalue weighted by molar-refractivity contribution is 9.10. The van der Waals surface area contributed by atoms with Gasteiger partial charge in [0, 0.05) is 19.8 Å². The minimum Gasteiger partial charge on any atom is -0.497 e. The largest absolute Gasteiger partial charge is 0.497 e. The number of rotatable bonds is 4.